The van der Waals surface area contributed by atoms with Crippen LogP contribution in [0.4, 0.5) is 0 Å². The smallest absolute Gasteiger partial charge is 0.282 e. The van der Waals surface area contributed by atoms with Crippen LogP contribution in [-0.2, 0) is 0 Å². The van der Waals surface area contributed by atoms with Gasteiger partial charge in [0.05, 0.1) is 34.9 Å². The standard InChI is InChI=1S/C21H21BrIN3O3/c1-5-12(2)20-25-17-7-6-14(22)10-15(17)21(27)26(20)24-11-13-8-16(23)19(29-4)18(9-13)28-3/h6-12H,5H2,1-4H3/t12-/m1/s1. The number of hydrogen-bond donors (Lipinski definition) is 0. The molecule has 0 spiro atoms. The summed E-state index contributed by atoms with van der Waals surface area (Å²) in [6.45, 7) is 4.10. The average Bonchev–Trinajstić information content (AvgIpc) is 2.72. The Labute approximate surface area is 191 Å². The minimum absolute atomic E-state index is 0.0819. The number of fused-ring (bicyclic) bond motifs is 1. The van der Waals surface area contributed by atoms with Crippen LogP contribution in [0.3, 0.4) is 0 Å². The van der Waals surface area contributed by atoms with Gasteiger partial charge in [0.15, 0.2) is 11.5 Å². The Balaban J connectivity index is 2.17. The van der Waals surface area contributed by atoms with Crippen LogP contribution in [0.15, 0.2) is 44.7 Å². The minimum Gasteiger partial charge on any atom is -0.493 e. The summed E-state index contributed by atoms with van der Waals surface area (Å²) >= 11 is 5.61. The van der Waals surface area contributed by atoms with Gasteiger partial charge in [-0.3, -0.25) is 4.79 Å². The van der Waals surface area contributed by atoms with Gasteiger partial charge in [0, 0.05) is 10.4 Å². The molecule has 1 aromatic heterocycles. The third-order valence-corrected chi connectivity index (χ3v) is 5.96. The first-order valence-electron chi connectivity index (χ1n) is 9.07. The summed E-state index contributed by atoms with van der Waals surface area (Å²) in [4.78, 5) is 17.9. The van der Waals surface area contributed by atoms with Crippen molar-refractivity contribution in [2.45, 2.75) is 26.2 Å². The van der Waals surface area contributed by atoms with Crippen LogP contribution in [0, 0.1) is 3.57 Å². The van der Waals surface area contributed by atoms with Crippen LogP contribution in [0.5, 0.6) is 11.5 Å². The second kappa shape index (κ2) is 9.25. The normalized spacial score (nSPS) is 12.5. The van der Waals surface area contributed by atoms with Gasteiger partial charge in [-0.1, -0.05) is 29.8 Å². The molecule has 1 atom stereocenters. The maximum Gasteiger partial charge on any atom is 0.282 e. The van der Waals surface area contributed by atoms with Crippen LogP contribution < -0.4 is 15.0 Å². The molecule has 0 fully saturated rings. The minimum atomic E-state index is -0.196. The molecule has 29 heavy (non-hydrogen) atoms. The summed E-state index contributed by atoms with van der Waals surface area (Å²) in [6, 6.07) is 9.25. The van der Waals surface area contributed by atoms with Crippen molar-refractivity contribution in [2.75, 3.05) is 14.2 Å². The molecule has 152 valence electrons. The second-order valence-corrected chi connectivity index (χ2v) is 8.62. The van der Waals surface area contributed by atoms with E-state index in [4.69, 9.17) is 14.5 Å². The molecule has 3 rings (SSSR count). The molecule has 6 nitrogen and oxygen atoms in total. The Hall–Kier alpha value is -1.94. The van der Waals surface area contributed by atoms with Gasteiger partial charge in [0.25, 0.3) is 5.56 Å². The number of halogens is 2. The molecular formula is C21H21BrIN3O3. The summed E-state index contributed by atoms with van der Waals surface area (Å²) < 4.78 is 13.9. The Morgan fingerprint density at radius 3 is 2.69 bits per heavy atom. The highest BCUT2D eigenvalue weighted by molar-refractivity contribution is 14.1. The van der Waals surface area contributed by atoms with E-state index in [9.17, 15) is 4.79 Å². The number of ether oxygens (including phenoxy) is 2. The van der Waals surface area contributed by atoms with E-state index in [-0.39, 0.29) is 11.5 Å². The van der Waals surface area contributed by atoms with Crippen molar-refractivity contribution in [1.29, 1.82) is 0 Å². The topological polar surface area (TPSA) is 65.7 Å². The maximum absolute atomic E-state index is 13.2. The first kappa shape index (κ1) is 21.8. The highest BCUT2D eigenvalue weighted by Gasteiger charge is 2.16. The van der Waals surface area contributed by atoms with Crippen molar-refractivity contribution in [1.82, 2.24) is 9.66 Å². The molecule has 0 saturated carbocycles. The van der Waals surface area contributed by atoms with E-state index in [0.717, 1.165) is 20.0 Å². The number of nitrogens with zero attached hydrogens (tertiary/aromatic N) is 3. The Bertz CT molecular complexity index is 1140. The molecule has 0 N–H and O–H groups in total. The molecule has 0 aliphatic rings. The molecule has 0 unspecified atom stereocenters. The van der Waals surface area contributed by atoms with Gasteiger partial charge in [-0.05, 0) is 64.9 Å². The average molecular weight is 570 g/mol. The van der Waals surface area contributed by atoms with E-state index in [1.54, 1.807) is 26.5 Å². The summed E-state index contributed by atoms with van der Waals surface area (Å²) in [7, 11) is 3.19. The highest BCUT2D eigenvalue weighted by Crippen LogP contribution is 2.33. The summed E-state index contributed by atoms with van der Waals surface area (Å²) in [5.74, 6) is 1.99. The molecule has 0 aliphatic heterocycles. The van der Waals surface area contributed by atoms with Crippen molar-refractivity contribution in [2.24, 2.45) is 5.10 Å². The van der Waals surface area contributed by atoms with Gasteiger partial charge in [-0.2, -0.15) is 9.78 Å². The van der Waals surface area contributed by atoms with Crippen LogP contribution in [0.25, 0.3) is 10.9 Å². The van der Waals surface area contributed by atoms with E-state index in [2.05, 4.69) is 50.5 Å². The highest BCUT2D eigenvalue weighted by atomic mass is 127. The zero-order valence-corrected chi connectivity index (χ0v) is 20.3. The molecule has 0 aliphatic carbocycles. The number of benzene rings is 2. The van der Waals surface area contributed by atoms with Gasteiger partial charge in [0.1, 0.15) is 5.82 Å². The van der Waals surface area contributed by atoms with E-state index < -0.39 is 0 Å². The van der Waals surface area contributed by atoms with E-state index in [0.29, 0.717) is 28.2 Å². The van der Waals surface area contributed by atoms with Gasteiger partial charge in [-0.15, -0.1) is 0 Å². The van der Waals surface area contributed by atoms with Crippen LogP contribution in [-0.4, -0.2) is 30.1 Å². The lowest BCUT2D eigenvalue weighted by molar-refractivity contribution is 0.353. The molecule has 2 aromatic carbocycles. The van der Waals surface area contributed by atoms with E-state index in [1.165, 1.54) is 4.68 Å². The quantitative estimate of drug-likeness (QED) is 0.303. The lowest BCUT2D eigenvalue weighted by Gasteiger charge is -2.14. The number of rotatable bonds is 6. The van der Waals surface area contributed by atoms with Crippen molar-refractivity contribution in [3.8, 4) is 11.5 Å². The SMILES string of the molecule is CC[C@@H](C)c1nc2ccc(Br)cc2c(=O)n1N=Cc1cc(I)c(OC)c(OC)c1. The molecule has 0 bridgehead atoms. The summed E-state index contributed by atoms with van der Waals surface area (Å²) in [6.07, 6.45) is 2.49. The predicted octanol–water partition coefficient (Wildman–Crippen LogP) is 5.18. The third-order valence-electron chi connectivity index (χ3n) is 4.66. The molecule has 0 amide bonds. The zero-order chi connectivity index (χ0) is 21.1. The van der Waals surface area contributed by atoms with Crippen LogP contribution >= 0.6 is 38.5 Å². The van der Waals surface area contributed by atoms with Gasteiger partial charge in [-0.25, -0.2) is 4.98 Å². The Morgan fingerprint density at radius 1 is 1.28 bits per heavy atom. The first-order valence-corrected chi connectivity index (χ1v) is 10.9. The molecule has 0 saturated heterocycles. The van der Waals surface area contributed by atoms with Crippen molar-refractivity contribution < 1.29 is 9.47 Å². The largest absolute Gasteiger partial charge is 0.493 e. The van der Waals surface area contributed by atoms with Crippen LogP contribution in [0.1, 0.15) is 37.6 Å². The maximum atomic E-state index is 13.2. The number of methoxy groups -OCH3 is 2. The monoisotopic (exact) mass is 569 g/mol. The lowest BCUT2D eigenvalue weighted by atomic mass is 10.1. The van der Waals surface area contributed by atoms with Crippen molar-refractivity contribution in [3.63, 3.8) is 0 Å². The zero-order valence-electron chi connectivity index (χ0n) is 16.6. The van der Waals surface area contributed by atoms with E-state index >= 15 is 0 Å². The van der Waals surface area contributed by atoms with Crippen LogP contribution in [0.2, 0.25) is 0 Å². The summed E-state index contributed by atoms with van der Waals surface area (Å²) in [5.41, 5.74) is 1.27. The fraction of sp³-hybridized carbons (Fsp3) is 0.286. The first-order chi connectivity index (χ1) is 13.9. The van der Waals surface area contributed by atoms with Crippen molar-refractivity contribution >= 4 is 55.6 Å². The fourth-order valence-corrected chi connectivity index (χ4v) is 4.12. The Morgan fingerprint density at radius 2 is 2.03 bits per heavy atom. The molecule has 1 heterocycles. The van der Waals surface area contributed by atoms with Gasteiger partial charge in [0.2, 0.25) is 0 Å². The lowest BCUT2D eigenvalue weighted by Crippen LogP contribution is -2.23. The van der Waals surface area contributed by atoms with E-state index in [1.807, 2.05) is 31.2 Å². The second-order valence-electron chi connectivity index (χ2n) is 6.54. The summed E-state index contributed by atoms with van der Waals surface area (Å²) in [5, 5.41) is 5.02. The predicted molar refractivity (Wildman–Crippen MR) is 128 cm³/mol. The molecule has 0 radical (unpaired) electrons. The fourth-order valence-electron chi connectivity index (χ4n) is 2.92. The molecule has 8 heteroatoms. The molecular weight excluding hydrogens is 549 g/mol. The third kappa shape index (κ3) is 4.48. The van der Waals surface area contributed by atoms with Gasteiger partial charge < -0.3 is 9.47 Å². The molecule has 3 aromatic rings. The number of hydrogen-bond acceptors (Lipinski definition) is 5. The van der Waals surface area contributed by atoms with Gasteiger partial charge >= 0.3 is 0 Å². The number of aromatic nitrogens is 2. The van der Waals surface area contributed by atoms with Crippen molar-refractivity contribution in [3.05, 3.63) is 60.1 Å². The Kier molecular flexibility index (Phi) is 6.94.